The van der Waals surface area contributed by atoms with Crippen LogP contribution in [-0.2, 0) is 4.79 Å². The summed E-state index contributed by atoms with van der Waals surface area (Å²) in [6, 6.07) is 2.25. The van der Waals surface area contributed by atoms with Crippen LogP contribution < -0.4 is 5.32 Å². The number of rotatable bonds is 4. The fourth-order valence-corrected chi connectivity index (χ4v) is 1.92. The van der Waals surface area contributed by atoms with Gasteiger partial charge in [-0.25, -0.2) is 4.79 Å². The Hall–Kier alpha value is -2.15. The van der Waals surface area contributed by atoms with E-state index in [1.807, 2.05) is 0 Å². The van der Waals surface area contributed by atoms with Crippen LogP contribution in [0.4, 0.5) is 5.69 Å². The predicted molar refractivity (Wildman–Crippen MR) is 76.5 cm³/mol. The van der Waals surface area contributed by atoms with Crippen molar-refractivity contribution >= 4 is 29.2 Å². The van der Waals surface area contributed by atoms with Crippen molar-refractivity contribution in [2.24, 2.45) is 5.41 Å². The van der Waals surface area contributed by atoms with Crippen molar-refractivity contribution in [2.75, 3.05) is 0 Å². The smallest absolute Gasteiger partial charge is 0.326 e. The lowest BCUT2D eigenvalue weighted by Gasteiger charge is -2.27. The number of non-ortho nitro benzene ring substituents is 1. The van der Waals surface area contributed by atoms with Crippen LogP contribution in [0.15, 0.2) is 18.2 Å². The molecule has 1 rings (SSSR count). The monoisotopic (exact) mass is 314 g/mol. The topological polar surface area (TPSA) is 110 Å². The Kier molecular flexibility index (Phi) is 4.90. The highest BCUT2D eigenvalue weighted by Crippen LogP contribution is 2.24. The van der Waals surface area contributed by atoms with Gasteiger partial charge in [-0.2, -0.15) is 0 Å². The van der Waals surface area contributed by atoms with Crippen LogP contribution in [0.2, 0.25) is 5.02 Å². The quantitative estimate of drug-likeness (QED) is 0.655. The summed E-state index contributed by atoms with van der Waals surface area (Å²) in [6.07, 6.45) is 0. The van der Waals surface area contributed by atoms with E-state index in [0.29, 0.717) is 0 Å². The maximum atomic E-state index is 12.1. The average Bonchev–Trinajstić information content (AvgIpc) is 2.33. The largest absolute Gasteiger partial charge is 0.480 e. The molecule has 0 heterocycles. The Morgan fingerprint density at radius 1 is 1.38 bits per heavy atom. The minimum Gasteiger partial charge on any atom is -0.480 e. The summed E-state index contributed by atoms with van der Waals surface area (Å²) in [5.41, 5.74) is -0.964. The number of benzene rings is 1. The molecule has 0 aliphatic rings. The number of nitro groups is 1. The third-order valence-corrected chi connectivity index (χ3v) is 3.11. The van der Waals surface area contributed by atoms with Gasteiger partial charge in [0.1, 0.15) is 6.04 Å². The van der Waals surface area contributed by atoms with Crippen molar-refractivity contribution < 1.29 is 19.6 Å². The van der Waals surface area contributed by atoms with Crippen LogP contribution in [0.1, 0.15) is 31.1 Å². The molecule has 1 atom stereocenters. The zero-order valence-corrected chi connectivity index (χ0v) is 12.5. The fourth-order valence-electron chi connectivity index (χ4n) is 1.66. The lowest BCUT2D eigenvalue weighted by atomic mass is 9.86. The first-order chi connectivity index (χ1) is 9.54. The number of hydrogen-bond donors (Lipinski definition) is 2. The third kappa shape index (κ3) is 4.16. The molecule has 21 heavy (non-hydrogen) atoms. The first-order valence-corrected chi connectivity index (χ1v) is 6.39. The van der Waals surface area contributed by atoms with Gasteiger partial charge in [-0.05, 0) is 11.5 Å². The number of carboxylic acids is 1. The van der Waals surface area contributed by atoms with Crippen molar-refractivity contribution in [3.05, 3.63) is 38.9 Å². The average molecular weight is 315 g/mol. The molecule has 0 aliphatic carbocycles. The summed E-state index contributed by atoms with van der Waals surface area (Å²) < 4.78 is 0. The number of nitro benzene ring substituents is 1. The number of carbonyl (C=O) groups excluding carboxylic acids is 1. The van der Waals surface area contributed by atoms with Crippen LogP contribution in [0, 0.1) is 15.5 Å². The molecule has 1 amide bonds. The summed E-state index contributed by atoms with van der Waals surface area (Å²) >= 11 is 5.83. The van der Waals surface area contributed by atoms with Gasteiger partial charge < -0.3 is 10.4 Å². The lowest BCUT2D eigenvalue weighted by molar-refractivity contribution is -0.384. The van der Waals surface area contributed by atoms with E-state index >= 15 is 0 Å². The summed E-state index contributed by atoms with van der Waals surface area (Å²) in [7, 11) is 0. The lowest BCUT2D eigenvalue weighted by Crippen LogP contribution is -2.49. The second-order valence-electron chi connectivity index (χ2n) is 5.53. The van der Waals surface area contributed by atoms with Crippen LogP contribution in [-0.4, -0.2) is 27.9 Å². The molecule has 0 saturated carbocycles. The van der Waals surface area contributed by atoms with Crippen LogP contribution in [0.3, 0.4) is 0 Å². The molecule has 0 bridgehead atoms. The fraction of sp³-hybridized carbons (Fsp3) is 0.385. The molecule has 0 aliphatic heterocycles. The zero-order valence-electron chi connectivity index (χ0n) is 11.7. The Morgan fingerprint density at radius 2 is 1.95 bits per heavy atom. The molecule has 0 spiro atoms. The van der Waals surface area contributed by atoms with E-state index in [0.717, 1.165) is 12.1 Å². The number of carboxylic acid groups (broad SMARTS) is 1. The predicted octanol–water partition coefficient (Wildman–Crippen LogP) is 2.48. The Balaban J connectivity index is 3.04. The first kappa shape index (κ1) is 16.9. The maximum Gasteiger partial charge on any atom is 0.326 e. The van der Waals surface area contributed by atoms with Gasteiger partial charge in [0.15, 0.2) is 0 Å². The Labute approximate surface area is 126 Å². The molecular weight excluding hydrogens is 300 g/mol. The molecule has 1 aromatic rings. The van der Waals surface area contributed by atoms with E-state index in [2.05, 4.69) is 5.32 Å². The molecule has 0 radical (unpaired) electrons. The summed E-state index contributed by atoms with van der Waals surface area (Å²) in [5.74, 6) is -1.87. The summed E-state index contributed by atoms with van der Waals surface area (Å²) in [6.45, 7) is 5.01. The Morgan fingerprint density at radius 3 is 2.33 bits per heavy atom. The molecule has 2 N–H and O–H groups in total. The van der Waals surface area contributed by atoms with Crippen LogP contribution in [0.25, 0.3) is 0 Å². The van der Waals surface area contributed by atoms with Crippen molar-refractivity contribution in [1.82, 2.24) is 5.32 Å². The van der Waals surface area contributed by atoms with E-state index in [1.165, 1.54) is 6.07 Å². The van der Waals surface area contributed by atoms with Gasteiger partial charge in [0.05, 0.1) is 15.5 Å². The standard InChI is InChI=1S/C13H15ClN2O5/c1-13(2,3)10(12(18)19)15-11(17)8-5-4-7(16(20)21)6-9(8)14/h4-6,10H,1-3H3,(H,15,17)(H,18,19). The van der Waals surface area contributed by atoms with Crippen molar-refractivity contribution in [3.8, 4) is 0 Å². The van der Waals surface area contributed by atoms with Crippen LogP contribution in [0.5, 0.6) is 0 Å². The number of nitrogens with one attached hydrogen (secondary N) is 1. The number of hydrogen-bond acceptors (Lipinski definition) is 4. The van der Waals surface area contributed by atoms with Crippen molar-refractivity contribution in [2.45, 2.75) is 26.8 Å². The number of aliphatic carboxylic acids is 1. The molecule has 7 nitrogen and oxygen atoms in total. The minimum absolute atomic E-state index is 0.0160. The highest BCUT2D eigenvalue weighted by Gasteiger charge is 2.33. The SMILES string of the molecule is CC(C)(C)C(NC(=O)c1ccc([N+](=O)[O-])cc1Cl)C(=O)O. The second kappa shape index (κ2) is 6.09. The van der Waals surface area contributed by atoms with Crippen molar-refractivity contribution in [3.63, 3.8) is 0 Å². The minimum atomic E-state index is -1.17. The first-order valence-electron chi connectivity index (χ1n) is 6.01. The van der Waals surface area contributed by atoms with Gasteiger partial charge in [0, 0.05) is 12.1 Å². The molecule has 114 valence electrons. The van der Waals surface area contributed by atoms with Gasteiger partial charge >= 0.3 is 5.97 Å². The van der Waals surface area contributed by atoms with E-state index < -0.39 is 28.3 Å². The summed E-state index contributed by atoms with van der Waals surface area (Å²) in [5, 5.41) is 22.0. The molecule has 1 aromatic carbocycles. The number of halogens is 1. The highest BCUT2D eigenvalue weighted by atomic mass is 35.5. The van der Waals surface area contributed by atoms with Gasteiger partial charge in [-0.1, -0.05) is 32.4 Å². The number of amides is 1. The van der Waals surface area contributed by atoms with Gasteiger partial charge in [-0.3, -0.25) is 14.9 Å². The van der Waals surface area contributed by atoms with Gasteiger partial charge in [0.2, 0.25) is 0 Å². The van der Waals surface area contributed by atoms with E-state index in [-0.39, 0.29) is 16.3 Å². The molecule has 1 unspecified atom stereocenters. The molecule has 0 aromatic heterocycles. The maximum absolute atomic E-state index is 12.1. The Bertz CT molecular complexity index is 595. The molecule has 8 heteroatoms. The van der Waals surface area contributed by atoms with Gasteiger partial charge in [0.25, 0.3) is 11.6 Å². The van der Waals surface area contributed by atoms with E-state index in [9.17, 15) is 19.7 Å². The number of nitrogens with zero attached hydrogens (tertiary/aromatic N) is 1. The van der Waals surface area contributed by atoms with E-state index in [4.69, 9.17) is 16.7 Å². The normalized spacial score (nSPS) is 12.6. The molecule has 0 saturated heterocycles. The highest BCUT2D eigenvalue weighted by molar-refractivity contribution is 6.34. The summed E-state index contributed by atoms with van der Waals surface area (Å²) in [4.78, 5) is 33.2. The second-order valence-corrected chi connectivity index (χ2v) is 5.94. The number of carbonyl (C=O) groups is 2. The van der Waals surface area contributed by atoms with Gasteiger partial charge in [-0.15, -0.1) is 0 Å². The zero-order chi connectivity index (χ0) is 16.4. The van der Waals surface area contributed by atoms with Crippen molar-refractivity contribution in [1.29, 1.82) is 0 Å². The third-order valence-electron chi connectivity index (χ3n) is 2.80. The molecule has 0 fully saturated rings. The van der Waals surface area contributed by atoms with E-state index in [1.54, 1.807) is 20.8 Å². The van der Waals surface area contributed by atoms with Crippen LogP contribution >= 0.6 is 11.6 Å². The molecular formula is C13H15ClN2O5.